The van der Waals surface area contributed by atoms with E-state index in [0.29, 0.717) is 23.4 Å². The van der Waals surface area contributed by atoms with Crippen LogP contribution in [0, 0.1) is 0 Å². The maximum atomic E-state index is 9.09. The summed E-state index contributed by atoms with van der Waals surface area (Å²) in [6.45, 7) is 0.362. The third-order valence-electron chi connectivity index (χ3n) is 1.85. The topological polar surface area (TPSA) is 93.3 Å². The number of aliphatic hydroxyl groups excluding tert-OH is 1. The predicted octanol–water partition coefficient (Wildman–Crippen LogP) is 0.200. The second kappa shape index (κ2) is 6.51. The maximum Gasteiger partial charge on any atom is 0.191 e. The smallest absolute Gasteiger partial charge is 0.191 e. The molecule has 0 saturated heterocycles. The van der Waals surface area contributed by atoms with Crippen molar-refractivity contribution in [3.8, 4) is 0 Å². The number of nitrogens with two attached hydrogens (primary N) is 1. The standard InChI is InChI=1S/C9H16N4O2S/c1-15-5-6(4-14)11-8-3-7(10)12-9(13-8)16-2/h3,6,14H,4-5H2,1-2H3,(H3,10,11,12,13). The van der Waals surface area contributed by atoms with Gasteiger partial charge in [0.05, 0.1) is 19.3 Å². The van der Waals surface area contributed by atoms with Crippen LogP contribution in [0.2, 0.25) is 0 Å². The van der Waals surface area contributed by atoms with E-state index < -0.39 is 0 Å². The van der Waals surface area contributed by atoms with Crippen LogP contribution in [0.1, 0.15) is 0 Å². The molecular weight excluding hydrogens is 228 g/mol. The maximum absolute atomic E-state index is 9.09. The molecule has 0 amide bonds. The minimum atomic E-state index is -0.200. The van der Waals surface area contributed by atoms with Gasteiger partial charge in [-0.2, -0.15) is 0 Å². The first-order valence-electron chi connectivity index (χ1n) is 4.74. The molecule has 1 rings (SSSR count). The van der Waals surface area contributed by atoms with Gasteiger partial charge >= 0.3 is 0 Å². The molecule has 1 unspecified atom stereocenters. The zero-order chi connectivity index (χ0) is 12.0. The lowest BCUT2D eigenvalue weighted by atomic mass is 10.3. The Morgan fingerprint density at radius 3 is 2.94 bits per heavy atom. The summed E-state index contributed by atoms with van der Waals surface area (Å²) in [5.41, 5.74) is 5.63. The Balaban J connectivity index is 2.74. The quantitative estimate of drug-likeness (QED) is 0.486. The van der Waals surface area contributed by atoms with Gasteiger partial charge in [-0.1, -0.05) is 11.8 Å². The first-order valence-corrected chi connectivity index (χ1v) is 5.97. The minimum absolute atomic E-state index is 0.0354. The molecule has 0 aliphatic rings. The lowest BCUT2D eigenvalue weighted by Crippen LogP contribution is -2.29. The van der Waals surface area contributed by atoms with Crippen molar-refractivity contribution in [2.45, 2.75) is 11.2 Å². The Bertz CT molecular complexity index is 337. The van der Waals surface area contributed by atoms with Gasteiger partial charge in [-0.05, 0) is 6.26 Å². The fourth-order valence-corrected chi connectivity index (χ4v) is 1.55. The van der Waals surface area contributed by atoms with E-state index in [4.69, 9.17) is 15.6 Å². The molecule has 0 aliphatic heterocycles. The van der Waals surface area contributed by atoms with E-state index in [2.05, 4.69) is 15.3 Å². The molecule has 0 fully saturated rings. The number of aromatic nitrogens is 2. The average Bonchev–Trinajstić information content (AvgIpc) is 2.27. The molecule has 0 saturated carbocycles. The normalized spacial score (nSPS) is 12.4. The van der Waals surface area contributed by atoms with Crippen molar-refractivity contribution in [3.63, 3.8) is 0 Å². The Hall–Kier alpha value is -1.05. The number of thioether (sulfide) groups is 1. The summed E-state index contributed by atoms with van der Waals surface area (Å²) >= 11 is 1.41. The first kappa shape index (κ1) is 13.0. The summed E-state index contributed by atoms with van der Waals surface area (Å²) < 4.78 is 4.95. The van der Waals surface area contributed by atoms with Gasteiger partial charge in [0.25, 0.3) is 0 Å². The highest BCUT2D eigenvalue weighted by Crippen LogP contribution is 2.15. The van der Waals surface area contributed by atoms with Crippen molar-refractivity contribution in [1.82, 2.24) is 9.97 Å². The predicted molar refractivity (Wildman–Crippen MR) is 64.6 cm³/mol. The van der Waals surface area contributed by atoms with Gasteiger partial charge in [-0.15, -0.1) is 0 Å². The number of anilines is 2. The number of nitrogens with zero attached hydrogens (tertiary/aromatic N) is 2. The van der Waals surface area contributed by atoms with Gasteiger partial charge in [-0.25, -0.2) is 9.97 Å². The number of ether oxygens (including phenoxy) is 1. The largest absolute Gasteiger partial charge is 0.394 e. The molecule has 1 heterocycles. The van der Waals surface area contributed by atoms with Crippen LogP contribution in [0.5, 0.6) is 0 Å². The highest BCUT2D eigenvalue weighted by atomic mass is 32.2. The van der Waals surface area contributed by atoms with Crippen LogP contribution in [0.25, 0.3) is 0 Å². The van der Waals surface area contributed by atoms with E-state index in [9.17, 15) is 0 Å². The molecule has 16 heavy (non-hydrogen) atoms. The van der Waals surface area contributed by atoms with Gasteiger partial charge < -0.3 is 20.9 Å². The van der Waals surface area contributed by atoms with E-state index in [0.717, 1.165) is 0 Å². The van der Waals surface area contributed by atoms with Gasteiger partial charge in [0.15, 0.2) is 5.16 Å². The fraction of sp³-hybridized carbons (Fsp3) is 0.556. The zero-order valence-electron chi connectivity index (χ0n) is 9.30. The SMILES string of the molecule is COCC(CO)Nc1cc(N)nc(SC)n1. The Kier molecular flexibility index (Phi) is 5.30. The van der Waals surface area contributed by atoms with Crippen molar-refractivity contribution in [2.24, 2.45) is 0 Å². The van der Waals surface area contributed by atoms with Crippen molar-refractivity contribution < 1.29 is 9.84 Å². The lowest BCUT2D eigenvalue weighted by Gasteiger charge is -2.16. The minimum Gasteiger partial charge on any atom is -0.394 e. The van der Waals surface area contributed by atoms with Crippen LogP contribution in [0.15, 0.2) is 11.2 Å². The molecule has 90 valence electrons. The Morgan fingerprint density at radius 1 is 1.62 bits per heavy atom. The molecule has 4 N–H and O–H groups in total. The second-order valence-corrected chi connectivity index (χ2v) is 3.92. The molecule has 0 aliphatic carbocycles. The molecule has 6 nitrogen and oxygen atoms in total. The van der Waals surface area contributed by atoms with Crippen LogP contribution in [-0.4, -0.2) is 47.7 Å². The summed E-state index contributed by atoms with van der Waals surface area (Å²) in [4.78, 5) is 8.24. The Morgan fingerprint density at radius 2 is 2.38 bits per heavy atom. The van der Waals surface area contributed by atoms with E-state index in [1.807, 2.05) is 6.26 Å². The summed E-state index contributed by atoms with van der Waals surface area (Å²) in [6, 6.07) is 1.42. The molecule has 0 bridgehead atoms. The van der Waals surface area contributed by atoms with E-state index in [1.54, 1.807) is 13.2 Å². The highest BCUT2D eigenvalue weighted by molar-refractivity contribution is 7.98. The number of hydrogen-bond donors (Lipinski definition) is 3. The second-order valence-electron chi connectivity index (χ2n) is 3.14. The monoisotopic (exact) mass is 244 g/mol. The molecule has 1 atom stereocenters. The van der Waals surface area contributed by atoms with E-state index in [1.165, 1.54) is 11.8 Å². The van der Waals surface area contributed by atoms with Crippen molar-refractivity contribution >= 4 is 23.4 Å². The number of aliphatic hydroxyl groups is 1. The van der Waals surface area contributed by atoms with Crippen LogP contribution >= 0.6 is 11.8 Å². The number of nitrogen functional groups attached to an aromatic ring is 1. The van der Waals surface area contributed by atoms with Gasteiger partial charge in [-0.3, -0.25) is 0 Å². The lowest BCUT2D eigenvalue weighted by molar-refractivity contribution is 0.153. The Labute approximate surface area is 98.6 Å². The highest BCUT2D eigenvalue weighted by Gasteiger charge is 2.09. The van der Waals surface area contributed by atoms with E-state index in [-0.39, 0.29) is 12.6 Å². The van der Waals surface area contributed by atoms with Crippen molar-refractivity contribution in [2.75, 3.05) is 37.6 Å². The summed E-state index contributed by atoms with van der Waals surface area (Å²) in [5.74, 6) is 0.990. The molecule has 0 radical (unpaired) electrons. The third-order valence-corrected chi connectivity index (χ3v) is 2.40. The third kappa shape index (κ3) is 3.84. The number of rotatable bonds is 6. The first-order chi connectivity index (χ1) is 7.69. The molecule has 1 aromatic heterocycles. The summed E-state index contributed by atoms with van der Waals surface area (Å²) in [5, 5.41) is 12.7. The molecular formula is C9H16N4O2S. The van der Waals surface area contributed by atoms with Gasteiger partial charge in [0.2, 0.25) is 0 Å². The summed E-state index contributed by atoms with van der Waals surface area (Å²) in [6.07, 6.45) is 1.87. The van der Waals surface area contributed by atoms with Crippen LogP contribution in [0.3, 0.4) is 0 Å². The van der Waals surface area contributed by atoms with Crippen LogP contribution in [-0.2, 0) is 4.74 Å². The number of methoxy groups -OCH3 is 1. The van der Waals surface area contributed by atoms with Gasteiger partial charge in [0.1, 0.15) is 11.6 Å². The van der Waals surface area contributed by atoms with Crippen LogP contribution < -0.4 is 11.1 Å². The zero-order valence-corrected chi connectivity index (χ0v) is 10.1. The van der Waals surface area contributed by atoms with E-state index >= 15 is 0 Å². The molecule has 7 heteroatoms. The number of nitrogens with one attached hydrogen (secondary N) is 1. The van der Waals surface area contributed by atoms with Gasteiger partial charge in [0, 0.05) is 13.2 Å². The van der Waals surface area contributed by atoms with Crippen LogP contribution in [0.4, 0.5) is 11.6 Å². The molecule has 0 aromatic carbocycles. The summed E-state index contributed by atoms with van der Waals surface area (Å²) in [7, 11) is 1.58. The number of hydrogen-bond acceptors (Lipinski definition) is 7. The van der Waals surface area contributed by atoms with Crippen molar-refractivity contribution in [1.29, 1.82) is 0 Å². The average molecular weight is 244 g/mol. The van der Waals surface area contributed by atoms with Crippen molar-refractivity contribution in [3.05, 3.63) is 6.07 Å². The fourth-order valence-electron chi connectivity index (χ4n) is 1.16. The molecule has 0 spiro atoms. The molecule has 1 aromatic rings.